The number of rotatable bonds is 6. The Kier molecular flexibility index (Phi) is 6.43. The molecule has 1 amide bonds. The first-order valence-corrected chi connectivity index (χ1v) is 11.6. The normalized spacial score (nSPS) is 20.5. The molecule has 0 saturated carbocycles. The molecule has 2 fully saturated rings. The fourth-order valence-electron chi connectivity index (χ4n) is 4.69. The highest BCUT2D eigenvalue weighted by atomic mass is 16.5. The molecule has 2 aromatic heterocycles. The lowest BCUT2D eigenvalue weighted by atomic mass is 9.96. The average molecular weight is 474 g/mol. The number of likely N-dealkylation sites (tertiary alicyclic amines) is 1. The number of morpholine rings is 1. The second kappa shape index (κ2) is 9.81. The van der Waals surface area contributed by atoms with Crippen LogP contribution in [0.2, 0.25) is 0 Å². The van der Waals surface area contributed by atoms with Crippen molar-refractivity contribution in [2.24, 2.45) is 0 Å². The number of aromatic nitrogens is 3. The van der Waals surface area contributed by atoms with Crippen LogP contribution in [0.3, 0.4) is 0 Å². The van der Waals surface area contributed by atoms with E-state index in [4.69, 9.17) is 4.74 Å². The van der Waals surface area contributed by atoms with Crippen molar-refractivity contribution in [1.82, 2.24) is 24.6 Å². The molecule has 0 radical (unpaired) electrons. The van der Waals surface area contributed by atoms with Gasteiger partial charge in [-0.15, -0.1) is 0 Å². The van der Waals surface area contributed by atoms with E-state index < -0.39 is 17.7 Å². The summed E-state index contributed by atoms with van der Waals surface area (Å²) in [6.45, 7) is 5.66. The van der Waals surface area contributed by atoms with Gasteiger partial charge in [0, 0.05) is 38.6 Å². The highest BCUT2D eigenvalue weighted by molar-refractivity contribution is 6.46. The Morgan fingerprint density at radius 3 is 2.49 bits per heavy atom. The fourth-order valence-corrected chi connectivity index (χ4v) is 4.69. The molecule has 1 atom stereocenters. The Bertz CT molecular complexity index is 1250. The number of carbonyl (C=O) groups is 2. The van der Waals surface area contributed by atoms with Crippen LogP contribution >= 0.6 is 0 Å². The maximum atomic E-state index is 13.3. The number of pyridine rings is 1. The molecule has 1 aromatic carbocycles. The first-order valence-electron chi connectivity index (χ1n) is 11.6. The Balaban J connectivity index is 1.54. The number of nitrogens with zero attached hydrogens (tertiary/aromatic N) is 5. The third-order valence-corrected chi connectivity index (χ3v) is 6.59. The molecule has 4 heterocycles. The summed E-state index contributed by atoms with van der Waals surface area (Å²) in [7, 11) is 0. The molecule has 1 N–H and O–H groups in total. The van der Waals surface area contributed by atoms with E-state index in [0.29, 0.717) is 37.6 Å². The zero-order chi connectivity index (χ0) is 24.4. The first kappa shape index (κ1) is 22.9. The summed E-state index contributed by atoms with van der Waals surface area (Å²) < 4.78 is 7.11. The molecule has 0 spiro atoms. The van der Waals surface area contributed by atoms with E-state index in [0.717, 1.165) is 24.3 Å². The number of ether oxygens (including phenoxy) is 1. The maximum Gasteiger partial charge on any atom is 0.295 e. The van der Waals surface area contributed by atoms with Gasteiger partial charge < -0.3 is 14.7 Å². The summed E-state index contributed by atoms with van der Waals surface area (Å²) in [6, 6.07) is 12.4. The minimum Gasteiger partial charge on any atom is -0.507 e. The molecule has 0 bridgehead atoms. The first-order chi connectivity index (χ1) is 17.1. The largest absolute Gasteiger partial charge is 0.507 e. The van der Waals surface area contributed by atoms with E-state index in [-0.39, 0.29) is 11.3 Å². The summed E-state index contributed by atoms with van der Waals surface area (Å²) in [5.41, 5.74) is 2.70. The number of hydrogen-bond acceptors (Lipinski definition) is 7. The molecular formula is C26H27N5O4. The highest BCUT2D eigenvalue weighted by Gasteiger charge is 2.46. The van der Waals surface area contributed by atoms with Gasteiger partial charge in [0.05, 0.1) is 48.0 Å². The minimum absolute atomic E-state index is 0.0684. The summed E-state index contributed by atoms with van der Waals surface area (Å²) in [5.74, 6) is -1.54. The SMILES string of the molecule is Cc1c(/C(O)=C2\C(=O)C(=O)N(CCN3CCOCC3)[C@@H]2c2ccncc2)cnn1-c1ccccc1. The number of para-hydroxylation sites is 1. The molecule has 2 saturated heterocycles. The third kappa shape index (κ3) is 4.36. The topological polar surface area (TPSA) is 101 Å². The van der Waals surface area contributed by atoms with Gasteiger partial charge >= 0.3 is 0 Å². The van der Waals surface area contributed by atoms with Crippen LogP contribution in [-0.2, 0) is 14.3 Å². The Morgan fingerprint density at radius 2 is 1.77 bits per heavy atom. The number of hydrogen-bond donors (Lipinski definition) is 1. The van der Waals surface area contributed by atoms with Gasteiger partial charge in [-0.25, -0.2) is 4.68 Å². The average Bonchev–Trinajstić information content (AvgIpc) is 3.41. The van der Waals surface area contributed by atoms with Gasteiger partial charge in [0.15, 0.2) is 0 Å². The zero-order valence-electron chi connectivity index (χ0n) is 19.5. The van der Waals surface area contributed by atoms with Crippen LogP contribution in [0.1, 0.15) is 22.9 Å². The predicted molar refractivity (Wildman–Crippen MR) is 129 cm³/mol. The highest BCUT2D eigenvalue weighted by Crippen LogP contribution is 2.39. The van der Waals surface area contributed by atoms with E-state index in [1.165, 1.54) is 6.20 Å². The van der Waals surface area contributed by atoms with E-state index in [1.54, 1.807) is 34.1 Å². The van der Waals surface area contributed by atoms with Crippen molar-refractivity contribution in [2.45, 2.75) is 13.0 Å². The van der Waals surface area contributed by atoms with Gasteiger partial charge in [-0.3, -0.25) is 19.5 Å². The predicted octanol–water partition coefficient (Wildman–Crippen LogP) is 2.33. The number of benzene rings is 1. The molecule has 0 unspecified atom stereocenters. The van der Waals surface area contributed by atoms with E-state index in [1.807, 2.05) is 37.3 Å². The minimum atomic E-state index is -0.710. The molecule has 3 aromatic rings. The standard InChI is InChI=1S/C26H27N5O4/c1-18-21(17-28-31(18)20-5-3-2-4-6-20)24(32)22-23(19-7-9-27-10-8-19)30(26(34)25(22)33)12-11-29-13-15-35-16-14-29/h2-10,17,23,32H,11-16H2,1H3/b24-22+/t23-/m1/s1. The number of aliphatic hydroxyl groups excluding tert-OH is 1. The van der Waals surface area contributed by atoms with Gasteiger partial charge in [-0.05, 0) is 36.8 Å². The lowest BCUT2D eigenvalue weighted by Gasteiger charge is -2.30. The van der Waals surface area contributed by atoms with Crippen molar-refractivity contribution in [1.29, 1.82) is 0 Å². The van der Waals surface area contributed by atoms with E-state index in [9.17, 15) is 14.7 Å². The lowest BCUT2D eigenvalue weighted by Crippen LogP contribution is -2.42. The smallest absolute Gasteiger partial charge is 0.295 e. The molecule has 2 aliphatic heterocycles. The van der Waals surface area contributed by atoms with Crippen molar-refractivity contribution in [2.75, 3.05) is 39.4 Å². The van der Waals surface area contributed by atoms with Gasteiger partial charge in [-0.2, -0.15) is 5.10 Å². The molecule has 0 aliphatic carbocycles. The zero-order valence-corrected chi connectivity index (χ0v) is 19.5. The van der Waals surface area contributed by atoms with Crippen LogP contribution in [0, 0.1) is 6.92 Å². The van der Waals surface area contributed by atoms with Crippen molar-refractivity contribution in [3.05, 3.63) is 83.4 Å². The lowest BCUT2D eigenvalue weighted by molar-refractivity contribution is -0.140. The van der Waals surface area contributed by atoms with E-state index >= 15 is 0 Å². The number of amides is 1. The number of ketones is 1. The van der Waals surface area contributed by atoms with Gasteiger partial charge in [0.25, 0.3) is 11.7 Å². The van der Waals surface area contributed by atoms with Crippen LogP contribution in [-0.4, -0.2) is 80.8 Å². The second-order valence-corrected chi connectivity index (χ2v) is 8.62. The van der Waals surface area contributed by atoms with Crippen molar-refractivity contribution >= 4 is 17.4 Å². The van der Waals surface area contributed by atoms with Crippen molar-refractivity contribution in [3.8, 4) is 5.69 Å². The second-order valence-electron chi connectivity index (χ2n) is 8.62. The quantitative estimate of drug-likeness (QED) is 0.333. The number of carbonyl (C=O) groups excluding carboxylic acids is 2. The summed E-state index contributed by atoms with van der Waals surface area (Å²) in [6.07, 6.45) is 4.77. The maximum absolute atomic E-state index is 13.3. The monoisotopic (exact) mass is 473 g/mol. The van der Waals surface area contributed by atoms with Gasteiger partial charge in [-0.1, -0.05) is 18.2 Å². The van der Waals surface area contributed by atoms with Crippen LogP contribution in [0.15, 0.2) is 66.6 Å². The molecule has 180 valence electrons. The van der Waals surface area contributed by atoms with E-state index in [2.05, 4.69) is 15.0 Å². The Morgan fingerprint density at radius 1 is 1.06 bits per heavy atom. The Labute approximate surface area is 203 Å². The summed E-state index contributed by atoms with van der Waals surface area (Å²) >= 11 is 0. The van der Waals surface area contributed by atoms with Crippen LogP contribution in [0.4, 0.5) is 0 Å². The molecule has 9 heteroatoms. The molecular weight excluding hydrogens is 446 g/mol. The van der Waals surface area contributed by atoms with Crippen LogP contribution < -0.4 is 0 Å². The van der Waals surface area contributed by atoms with Crippen LogP contribution in [0.5, 0.6) is 0 Å². The third-order valence-electron chi connectivity index (χ3n) is 6.59. The molecule has 35 heavy (non-hydrogen) atoms. The molecule has 9 nitrogen and oxygen atoms in total. The van der Waals surface area contributed by atoms with Gasteiger partial charge in [0.2, 0.25) is 0 Å². The number of Topliss-reactive ketones (excluding diaryl/α,β-unsaturated/α-hetero) is 1. The summed E-state index contributed by atoms with van der Waals surface area (Å²) in [4.78, 5) is 34.3. The van der Waals surface area contributed by atoms with Crippen LogP contribution in [0.25, 0.3) is 11.4 Å². The van der Waals surface area contributed by atoms with Crippen molar-refractivity contribution in [3.63, 3.8) is 0 Å². The van der Waals surface area contributed by atoms with Gasteiger partial charge in [0.1, 0.15) is 5.76 Å². The molecule has 5 rings (SSSR count). The molecule has 2 aliphatic rings. The summed E-state index contributed by atoms with van der Waals surface area (Å²) in [5, 5.41) is 15.8. The Hall–Kier alpha value is -3.82. The van der Waals surface area contributed by atoms with Crippen molar-refractivity contribution < 1.29 is 19.4 Å². The number of aliphatic hydroxyl groups is 1. The fraction of sp³-hybridized carbons (Fsp3) is 0.308.